The molecule has 0 amide bonds. The van der Waals surface area contributed by atoms with Crippen molar-refractivity contribution in [1.82, 2.24) is 0 Å². The lowest BCUT2D eigenvalue weighted by Gasteiger charge is -2.13. The second-order valence-electron chi connectivity index (χ2n) is 4.10. The van der Waals surface area contributed by atoms with E-state index in [2.05, 4.69) is 0 Å². The summed E-state index contributed by atoms with van der Waals surface area (Å²) < 4.78 is 23.6. The minimum absolute atomic E-state index is 0.0453. The summed E-state index contributed by atoms with van der Waals surface area (Å²) in [6, 6.07) is 3.69. The number of halogens is 1. The van der Waals surface area contributed by atoms with Crippen molar-refractivity contribution in [2.75, 3.05) is 19.8 Å². The van der Waals surface area contributed by atoms with Gasteiger partial charge in [-0.15, -0.1) is 0 Å². The maximum absolute atomic E-state index is 13.0. The van der Waals surface area contributed by atoms with Gasteiger partial charge in [0.2, 0.25) is 0 Å². The summed E-state index contributed by atoms with van der Waals surface area (Å²) in [5, 5.41) is 18.2. The highest BCUT2D eigenvalue weighted by molar-refractivity contribution is 6.59. The Kier molecular flexibility index (Phi) is 3.99. The average Bonchev–Trinajstić information content (AvgIpc) is 2.80. The summed E-state index contributed by atoms with van der Waals surface area (Å²) in [5.41, 5.74) is 0.0453. The molecule has 92 valence electrons. The molecule has 1 heterocycles. The van der Waals surface area contributed by atoms with Crippen LogP contribution in [0.3, 0.4) is 0 Å². The zero-order chi connectivity index (χ0) is 12.3. The molecule has 4 nitrogen and oxygen atoms in total. The first-order valence-electron chi connectivity index (χ1n) is 5.53. The molecular weight excluding hydrogens is 226 g/mol. The van der Waals surface area contributed by atoms with Gasteiger partial charge in [-0.05, 0) is 24.6 Å². The van der Waals surface area contributed by atoms with Crippen molar-refractivity contribution in [1.29, 1.82) is 0 Å². The maximum Gasteiger partial charge on any atom is 0.492 e. The van der Waals surface area contributed by atoms with Crippen LogP contribution in [0.1, 0.15) is 6.42 Å². The van der Waals surface area contributed by atoms with E-state index in [0.29, 0.717) is 24.9 Å². The van der Waals surface area contributed by atoms with Gasteiger partial charge in [0.05, 0.1) is 13.2 Å². The Morgan fingerprint density at radius 3 is 2.94 bits per heavy atom. The monoisotopic (exact) mass is 240 g/mol. The van der Waals surface area contributed by atoms with Gasteiger partial charge in [-0.2, -0.15) is 0 Å². The molecule has 1 aliphatic rings. The summed E-state index contributed by atoms with van der Waals surface area (Å²) in [4.78, 5) is 0. The van der Waals surface area contributed by atoms with E-state index in [9.17, 15) is 4.39 Å². The van der Waals surface area contributed by atoms with E-state index in [4.69, 9.17) is 19.5 Å². The number of hydrogen-bond donors (Lipinski definition) is 2. The highest BCUT2D eigenvalue weighted by atomic mass is 19.1. The molecule has 0 aromatic heterocycles. The lowest BCUT2D eigenvalue weighted by molar-refractivity contribution is 0.167. The van der Waals surface area contributed by atoms with Crippen molar-refractivity contribution >= 4 is 12.6 Å². The molecule has 1 aliphatic heterocycles. The van der Waals surface area contributed by atoms with Crippen molar-refractivity contribution in [3.8, 4) is 5.75 Å². The molecule has 6 heteroatoms. The number of hydrogen-bond acceptors (Lipinski definition) is 4. The molecule has 1 aromatic rings. The predicted octanol–water partition coefficient (Wildman–Crippen LogP) is -0.0792. The standard InChI is InChI=1S/C11H14BFO4/c13-9-1-2-11(10(5-9)12(14)15)17-7-8-3-4-16-6-8/h1-2,5,8,14-15H,3-4,6-7H2/t8-/m0/s1. The first-order chi connectivity index (χ1) is 8.16. The van der Waals surface area contributed by atoms with E-state index in [1.54, 1.807) is 0 Å². The van der Waals surface area contributed by atoms with Crippen LogP contribution in [-0.2, 0) is 4.74 Å². The van der Waals surface area contributed by atoms with Crippen molar-refractivity contribution in [2.24, 2.45) is 5.92 Å². The maximum atomic E-state index is 13.0. The predicted molar refractivity (Wildman–Crippen MR) is 60.6 cm³/mol. The molecule has 2 N–H and O–H groups in total. The van der Waals surface area contributed by atoms with E-state index in [1.165, 1.54) is 12.1 Å². The van der Waals surface area contributed by atoms with Crippen LogP contribution in [-0.4, -0.2) is 37.0 Å². The Labute approximate surface area is 99.1 Å². The Balaban J connectivity index is 2.03. The topological polar surface area (TPSA) is 58.9 Å². The third-order valence-corrected chi connectivity index (χ3v) is 2.75. The third kappa shape index (κ3) is 3.18. The van der Waals surface area contributed by atoms with Gasteiger partial charge in [0, 0.05) is 18.0 Å². The van der Waals surface area contributed by atoms with Gasteiger partial charge in [0.25, 0.3) is 0 Å². The van der Waals surface area contributed by atoms with Gasteiger partial charge in [0.1, 0.15) is 11.6 Å². The van der Waals surface area contributed by atoms with Crippen molar-refractivity contribution in [2.45, 2.75) is 6.42 Å². The molecule has 17 heavy (non-hydrogen) atoms. The Hall–Kier alpha value is -1.11. The van der Waals surface area contributed by atoms with Crippen LogP contribution >= 0.6 is 0 Å². The Morgan fingerprint density at radius 2 is 2.29 bits per heavy atom. The third-order valence-electron chi connectivity index (χ3n) is 2.75. The average molecular weight is 240 g/mol. The van der Waals surface area contributed by atoms with E-state index >= 15 is 0 Å². The largest absolute Gasteiger partial charge is 0.494 e. The van der Waals surface area contributed by atoms with E-state index in [1.807, 2.05) is 0 Å². The Bertz CT molecular complexity index is 380. The summed E-state index contributed by atoms with van der Waals surface area (Å²) in [6.07, 6.45) is 0.929. The number of benzene rings is 1. The highest BCUT2D eigenvalue weighted by Crippen LogP contribution is 2.16. The van der Waals surface area contributed by atoms with Gasteiger partial charge in [-0.3, -0.25) is 0 Å². The van der Waals surface area contributed by atoms with Crippen LogP contribution < -0.4 is 10.2 Å². The highest BCUT2D eigenvalue weighted by Gasteiger charge is 2.21. The lowest BCUT2D eigenvalue weighted by Crippen LogP contribution is -2.32. The molecule has 1 fully saturated rings. The summed E-state index contributed by atoms with van der Waals surface area (Å²) in [7, 11) is -1.74. The minimum atomic E-state index is -1.74. The second-order valence-corrected chi connectivity index (χ2v) is 4.10. The van der Waals surface area contributed by atoms with Crippen LogP contribution in [0.5, 0.6) is 5.75 Å². The van der Waals surface area contributed by atoms with Gasteiger partial charge in [0.15, 0.2) is 0 Å². The molecule has 0 aliphatic carbocycles. The Morgan fingerprint density at radius 1 is 1.47 bits per heavy atom. The van der Waals surface area contributed by atoms with Crippen LogP contribution in [0.2, 0.25) is 0 Å². The molecule has 0 spiro atoms. The number of ether oxygens (including phenoxy) is 2. The smallest absolute Gasteiger partial charge is 0.492 e. The van der Waals surface area contributed by atoms with Crippen LogP contribution in [0.4, 0.5) is 4.39 Å². The zero-order valence-corrected chi connectivity index (χ0v) is 9.30. The fourth-order valence-electron chi connectivity index (χ4n) is 1.77. The second kappa shape index (κ2) is 5.49. The zero-order valence-electron chi connectivity index (χ0n) is 9.30. The molecule has 1 saturated heterocycles. The van der Waals surface area contributed by atoms with E-state index in [-0.39, 0.29) is 5.46 Å². The molecular formula is C11H14BFO4. The molecule has 1 atom stereocenters. The van der Waals surface area contributed by atoms with Gasteiger partial charge < -0.3 is 19.5 Å². The molecule has 0 bridgehead atoms. The van der Waals surface area contributed by atoms with Gasteiger partial charge >= 0.3 is 7.12 Å². The first kappa shape index (κ1) is 12.4. The summed E-state index contributed by atoms with van der Waals surface area (Å²) in [5.74, 6) is 0.0849. The first-order valence-corrected chi connectivity index (χ1v) is 5.53. The minimum Gasteiger partial charge on any atom is -0.494 e. The van der Waals surface area contributed by atoms with Gasteiger partial charge in [-0.25, -0.2) is 4.39 Å². The molecule has 0 unspecified atom stereocenters. The summed E-state index contributed by atoms with van der Waals surface area (Å²) >= 11 is 0. The molecule has 0 radical (unpaired) electrons. The molecule has 1 aromatic carbocycles. The van der Waals surface area contributed by atoms with Crippen molar-refractivity contribution in [3.05, 3.63) is 24.0 Å². The van der Waals surface area contributed by atoms with Crippen molar-refractivity contribution in [3.63, 3.8) is 0 Å². The summed E-state index contributed by atoms with van der Waals surface area (Å²) in [6.45, 7) is 1.82. The van der Waals surface area contributed by atoms with Crippen LogP contribution in [0.25, 0.3) is 0 Å². The van der Waals surface area contributed by atoms with Crippen LogP contribution in [0.15, 0.2) is 18.2 Å². The van der Waals surface area contributed by atoms with E-state index < -0.39 is 12.9 Å². The van der Waals surface area contributed by atoms with Crippen molar-refractivity contribution < 1.29 is 23.9 Å². The fraction of sp³-hybridized carbons (Fsp3) is 0.455. The van der Waals surface area contributed by atoms with E-state index in [0.717, 1.165) is 19.1 Å². The number of rotatable bonds is 4. The SMILES string of the molecule is OB(O)c1cc(F)ccc1OC[C@H]1CCOC1. The molecule has 0 saturated carbocycles. The van der Waals surface area contributed by atoms with Crippen LogP contribution in [0, 0.1) is 11.7 Å². The normalized spacial score (nSPS) is 19.4. The molecule has 2 rings (SSSR count). The fourth-order valence-corrected chi connectivity index (χ4v) is 1.77. The lowest BCUT2D eigenvalue weighted by atomic mass is 9.79. The quantitative estimate of drug-likeness (QED) is 0.723. The van der Waals surface area contributed by atoms with Gasteiger partial charge in [-0.1, -0.05) is 0 Å².